The lowest BCUT2D eigenvalue weighted by Gasteiger charge is -2.18. The van der Waals surface area contributed by atoms with Gasteiger partial charge in [-0.2, -0.15) is 18.2 Å². The van der Waals surface area contributed by atoms with Gasteiger partial charge in [0.2, 0.25) is 10.0 Å². The molecule has 12 heteroatoms. The first-order valence-electron chi connectivity index (χ1n) is 13.1. The molecule has 0 saturated heterocycles. The number of rotatable bonds is 11. The first kappa shape index (κ1) is 32.1. The number of hydrogen-bond donors (Lipinski definition) is 2. The summed E-state index contributed by atoms with van der Waals surface area (Å²) in [4.78, 5) is 13.3. The lowest BCUT2D eigenvalue weighted by Crippen LogP contribution is -2.46. The molecule has 224 valence electrons. The number of nitrogens with zero attached hydrogens (tertiary/aromatic N) is 1. The molecule has 0 saturated carbocycles. The maximum atomic E-state index is 13.3. The van der Waals surface area contributed by atoms with E-state index in [1.807, 2.05) is 38.1 Å². The van der Waals surface area contributed by atoms with Crippen LogP contribution in [0.5, 0.6) is 5.75 Å². The summed E-state index contributed by atoms with van der Waals surface area (Å²) >= 11 is 3.38. The van der Waals surface area contributed by atoms with E-state index >= 15 is 0 Å². The Morgan fingerprint density at radius 1 is 0.791 bits per heavy atom. The average Bonchev–Trinajstić information content (AvgIpc) is 2.97. The van der Waals surface area contributed by atoms with Crippen molar-refractivity contribution < 1.29 is 25.8 Å². The van der Waals surface area contributed by atoms with Crippen LogP contribution >= 0.6 is 15.9 Å². The number of amides is 1. The molecule has 1 unspecified atom stereocenters. The van der Waals surface area contributed by atoms with Crippen molar-refractivity contribution in [2.45, 2.75) is 43.0 Å². The van der Waals surface area contributed by atoms with Crippen molar-refractivity contribution in [2.24, 2.45) is 5.10 Å². The molecule has 0 radical (unpaired) electrons. The molecule has 9 nitrogen and oxygen atoms in total. The highest BCUT2D eigenvalue weighted by atomic mass is 79.9. The molecule has 4 rings (SSSR count). The lowest BCUT2D eigenvalue weighted by molar-refractivity contribution is -0.122. The predicted octanol–water partition coefficient (Wildman–Crippen LogP) is 5.26. The fraction of sp³-hybridized carbons (Fsp3) is 0.161. The molecule has 4 aromatic rings. The SMILES string of the molecule is CC(=NNC(=O)C(Cc1ccc(OS(=O)(=O)c2ccc(C)cc2)cc1)NS(=O)(=O)c1ccc(C)cc1)c1ccc(Br)cc1. The molecule has 0 aliphatic heterocycles. The topological polar surface area (TPSA) is 131 Å². The summed E-state index contributed by atoms with van der Waals surface area (Å²) in [5, 5.41) is 4.17. The summed E-state index contributed by atoms with van der Waals surface area (Å²) in [6, 6.07) is 24.6. The molecule has 0 aliphatic rings. The molecular weight excluding hydrogens is 654 g/mol. The van der Waals surface area contributed by atoms with Crippen LogP contribution in [-0.2, 0) is 31.4 Å². The Bertz CT molecular complexity index is 1820. The number of carbonyl (C=O) groups excluding carboxylic acids is 1. The van der Waals surface area contributed by atoms with Crippen molar-refractivity contribution in [1.29, 1.82) is 0 Å². The van der Waals surface area contributed by atoms with E-state index in [0.29, 0.717) is 11.3 Å². The van der Waals surface area contributed by atoms with E-state index in [1.165, 1.54) is 36.4 Å². The largest absolute Gasteiger partial charge is 0.379 e. The van der Waals surface area contributed by atoms with Crippen molar-refractivity contribution in [3.05, 3.63) is 124 Å². The Morgan fingerprint density at radius 3 is 1.88 bits per heavy atom. The molecule has 0 spiro atoms. The van der Waals surface area contributed by atoms with Gasteiger partial charge >= 0.3 is 10.1 Å². The number of nitrogens with one attached hydrogen (secondary N) is 2. The summed E-state index contributed by atoms with van der Waals surface area (Å²) in [5.41, 5.74) is 6.12. The number of sulfonamides is 1. The van der Waals surface area contributed by atoms with E-state index < -0.39 is 32.1 Å². The highest BCUT2D eigenvalue weighted by Gasteiger charge is 2.26. The zero-order valence-electron chi connectivity index (χ0n) is 23.6. The molecule has 0 fully saturated rings. The smallest absolute Gasteiger partial charge is 0.339 e. The predicted molar refractivity (Wildman–Crippen MR) is 169 cm³/mol. The first-order chi connectivity index (χ1) is 20.3. The minimum Gasteiger partial charge on any atom is -0.379 e. The number of halogens is 1. The molecular formula is C31H30BrN3O6S2. The van der Waals surface area contributed by atoms with Gasteiger partial charge in [-0.1, -0.05) is 75.6 Å². The van der Waals surface area contributed by atoms with Gasteiger partial charge in [0.25, 0.3) is 5.91 Å². The van der Waals surface area contributed by atoms with Crippen molar-refractivity contribution in [2.75, 3.05) is 0 Å². The third-order valence-corrected chi connectivity index (χ3v) is 9.70. The van der Waals surface area contributed by atoms with Crippen LogP contribution in [0.15, 0.2) is 116 Å². The second-order valence-corrected chi connectivity index (χ2v) is 14.0. The molecule has 1 amide bonds. The average molecular weight is 685 g/mol. The molecule has 0 aliphatic carbocycles. The van der Waals surface area contributed by atoms with E-state index in [4.69, 9.17) is 4.18 Å². The van der Waals surface area contributed by atoms with Gasteiger partial charge in [0.05, 0.1) is 10.6 Å². The minimum atomic E-state index is -4.07. The van der Waals surface area contributed by atoms with Crippen LogP contribution in [0.25, 0.3) is 0 Å². The Hall–Kier alpha value is -3.84. The van der Waals surface area contributed by atoms with Crippen LogP contribution < -0.4 is 14.3 Å². The number of hydrazone groups is 1. The molecule has 0 aromatic heterocycles. The summed E-state index contributed by atoms with van der Waals surface area (Å²) < 4.78 is 60.3. The van der Waals surface area contributed by atoms with Crippen LogP contribution in [0.3, 0.4) is 0 Å². The van der Waals surface area contributed by atoms with Crippen LogP contribution in [0, 0.1) is 13.8 Å². The van der Waals surface area contributed by atoms with Crippen LogP contribution in [-0.4, -0.2) is 34.5 Å². The van der Waals surface area contributed by atoms with E-state index in [2.05, 4.69) is 31.2 Å². The minimum absolute atomic E-state index is 0.00973. The van der Waals surface area contributed by atoms with Crippen molar-refractivity contribution in [3.63, 3.8) is 0 Å². The Kier molecular flexibility index (Phi) is 10.2. The zero-order valence-corrected chi connectivity index (χ0v) is 26.8. The first-order valence-corrected chi connectivity index (χ1v) is 16.8. The quantitative estimate of drug-likeness (QED) is 0.126. The number of benzene rings is 4. The summed E-state index contributed by atoms with van der Waals surface area (Å²) in [6.07, 6.45) is -0.0469. The van der Waals surface area contributed by atoms with Gasteiger partial charge in [-0.15, -0.1) is 0 Å². The number of aryl methyl sites for hydroxylation is 2. The van der Waals surface area contributed by atoms with Gasteiger partial charge in [-0.3, -0.25) is 4.79 Å². The fourth-order valence-corrected chi connectivity index (χ4v) is 6.32. The molecule has 4 aromatic carbocycles. The van der Waals surface area contributed by atoms with Gasteiger partial charge in [0, 0.05) is 4.47 Å². The van der Waals surface area contributed by atoms with Crippen LogP contribution in [0.1, 0.15) is 29.2 Å². The highest BCUT2D eigenvalue weighted by Crippen LogP contribution is 2.21. The summed E-state index contributed by atoms with van der Waals surface area (Å²) in [7, 11) is -8.12. The van der Waals surface area contributed by atoms with Gasteiger partial charge in [-0.05, 0) is 86.8 Å². The van der Waals surface area contributed by atoms with Crippen molar-refractivity contribution in [1.82, 2.24) is 10.1 Å². The number of carbonyl (C=O) groups is 1. The van der Waals surface area contributed by atoms with Crippen LogP contribution in [0.2, 0.25) is 0 Å². The third-order valence-electron chi connectivity index (χ3n) is 6.42. The van der Waals surface area contributed by atoms with E-state index in [-0.39, 0.29) is 22.0 Å². The standard InChI is InChI=1S/C31H30BrN3O6S2/c1-21-4-16-28(17-5-21)42(37,38)35-30(31(36)34-33-23(3)25-10-12-26(32)13-11-25)20-24-8-14-27(15-9-24)41-43(39,40)29-18-6-22(2)7-19-29/h4-19,30,35H,20H2,1-3H3,(H,34,36). The molecule has 1 atom stereocenters. The second kappa shape index (κ2) is 13.6. The van der Waals surface area contributed by atoms with Crippen LogP contribution in [0.4, 0.5) is 0 Å². The second-order valence-electron chi connectivity index (χ2n) is 9.87. The monoisotopic (exact) mass is 683 g/mol. The third kappa shape index (κ3) is 8.83. The van der Waals surface area contributed by atoms with Gasteiger partial charge < -0.3 is 4.18 Å². The van der Waals surface area contributed by atoms with E-state index in [0.717, 1.165) is 21.2 Å². The lowest BCUT2D eigenvalue weighted by atomic mass is 10.1. The Balaban J connectivity index is 1.54. The zero-order chi connectivity index (χ0) is 31.2. The van der Waals surface area contributed by atoms with Crippen molar-refractivity contribution in [3.8, 4) is 5.75 Å². The fourth-order valence-electron chi connectivity index (χ4n) is 3.93. The molecule has 0 bridgehead atoms. The maximum Gasteiger partial charge on any atom is 0.339 e. The van der Waals surface area contributed by atoms with E-state index in [9.17, 15) is 21.6 Å². The Morgan fingerprint density at radius 2 is 1.33 bits per heavy atom. The molecule has 0 heterocycles. The summed E-state index contributed by atoms with van der Waals surface area (Å²) in [6.45, 7) is 5.41. The van der Waals surface area contributed by atoms with Crippen molar-refractivity contribution >= 4 is 47.7 Å². The van der Waals surface area contributed by atoms with E-state index in [1.54, 1.807) is 43.3 Å². The maximum absolute atomic E-state index is 13.3. The van der Waals surface area contributed by atoms with Gasteiger partial charge in [0.15, 0.2) is 0 Å². The molecule has 2 N–H and O–H groups in total. The Labute approximate surface area is 260 Å². The summed E-state index contributed by atoms with van der Waals surface area (Å²) in [5.74, 6) is -0.602. The molecule has 43 heavy (non-hydrogen) atoms. The van der Waals surface area contributed by atoms with Gasteiger partial charge in [0.1, 0.15) is 16.7 Å². The normalized spacial score (nSPS) is 12.9. The highest BCUT2D eigenvalue weighted by molar-refractivity contribution is 9.10. The number of hydrogen-bond acceptors (Lipinski definition) is 7. The van der Waals surface area contributed by atoms with Gasteiger partial charge in [-0.25, -0.2) is 13.8 Å².